The molecular formula is C11H13ClO3. The number of hydrogen-bond acceptors (Lipinski definition) is 3. The fraction of sp³-hybridized carbons (Fsp3) is 0.364. The largest absolute Gasteiger partial charge is 0.385 e. The van der Waals surface area contributed by atoms with Crippen LogP contribution in [0.5, 0.6) is 0 Å². The van der Waals surface area contributed by atoms with Crippen LogP contribution in [0.1, 0.15) is 18.6 Å². The van der Waals surface area contributed by atoms with Gasteiger partial charge in [0.1, 0.15) is 12.2 Å². The van der Waals surface area contributed by atoms with E-state index in [1.54, 1.807) is 24.3 Å². The van der Waals surface area contributed by atoms with Gasteiger partial charge in [-0.2, -0.15) is 0 Å². The maximum absolute atomic E-state index is 11.2. The van der Waals surface area contributed by atoms with Crippen LogP contribution in [0, 0.1) is 0 Å². The molecule has 0 unspecified atom stereocenters. The number of aliphatic hydroxyl groups excluding tert-OH is 1. The van der Waals surface area contributed by atoms with Gasteiger partial charge in [-0.15, -0.1) is 0 Å². The van der Waals surface area contributed by atoms with E-state index in [0.717, 1.165) is 0 Å². The number of benzene rings is 1. The van der Waals surface area contributed by atoms with E-state index in [2.05, 4.69) is 0 Å². The third-order valence-corrected chi connectivity index (χ3v) is 2.51. The topological polar surface area (TPSA) is 46.5 Å². The lowest BCUT2D eigenvalue weighted by Crippen LogP contribution is -2.28. The molecule has 0 aliphatic heterocycles. The highest BCUT2D eigenvalue weighted by Gasteiger charge is 2.26. The van der Waals surface area contributed by atoms with Gasteiger partial charge in [0.2, 0.25) is 0 Å². The summed E-state index contributed by atoms with van der Waals surface area (Å²) in [6.07, 6.45) is -1.90. The number of carbonyl (C=O) groups excluding carboxylic acids is 1. The predicted octanol–water partition coefficient (Wildman–Crippen LogP) is 1.98. The minimum atomic E-state index is -1.03. The molecule has 0 radical (unpaired) electrons. The molecule has 4 heteroatoms. The standard InChI is InChI=1S/C11H13ClO3/c1-7(13)11(15-2)10(14)8-5-3-4-6-9(8)12/h3-6,10-11,14H,1-2H3/t10-,11-/m0/s1. The van der Waals surface area contributed by atoms with Crippen molar-refractivity contribution in [1.82, 2.24) is 0 Å². The van der Waals surface area contributed by atoms with Crippen LogP contribution >= 0.6 is 11.6 Å². The summed E-state index contributed by atoms with van der Waals surface area (Å²) in [4.78, 5) is 11.2. The molecular weight excluding hydrogens is 216 g/mol. The van der Waals surface area contributed by atoms with Gasteiger partial charge in [0.05, 0.1) is 0 Å². The van der Waals surface area contributed by atoms with Crippen molar-refractivity contribution in [3.8, 4) is 0 Å². The Labute approximate surface area is 93.6 Å². The van der Waals surface area contributed by atoms with E-state index in [4.69, 9.17) is 16.3 Å². The Bertz CT molecular complexity index is 351. The van der Waals surface area contributed by atoms with Gasteiger partial charge in [-0.25, -0.2) is 0 Å². The highest BCUT2D eigenvalue weighted by atomic mass is 35.5. The highest BCUT2D eigenvalue weighted by Crippen LogP contribution is 2.26. The first-order valence-electron chi connectivity index (χ1n) is 4.53. The normalized spacial score (nSPS) is 14.7. The number of ether oxygens (including phenoxy) is 1. The molecule has 82 valence electrons. The first-order chi connectivity index (χ1) is 7.07. The van der Waals surface area contributed by atoms with Crippen molar-refractivity contribution in [2.24, 2.45) is 0 Å². The van der Waals surface area contributed by atoms with Gasteiger partial charge in [0.15, 0.2) is 5.78 Å². The minimum Gasteiger partial charge on any atom is -0.385 e. The van der Waals surface area contributed by atoms with Crippen LogP contribution < -0.4 is 0 Å². The van der Waals surface area contributed by atoms with Gasteiger partial charge in [-0.1, -0.05) is 29.8 Å². The molecule has 0 amide bonds. The molecule has 15 heavy (non-hydrogen) atoms. The lowest BCUT2D eigenvalue weighted by Gasteiger charge is -2.20. The SMILES string of the molecule is CO[C@@H](C(C)=O)[C@@H](O)c1ccccc1Cl. The van der Waals surface area contributed by atoms with E-state index in [1.165, 1.54) is 14.0 Å². The maximum atomic E-state index is 11.2. The molecule has 3 nitrogen and oxygen atoms in total. The third kappa shape index (κ3) is 2.78. The number of halogens is 1. The highest BCUT2D eigenvalue weighted by molar-refractivity contribution is 6.31. The number of carbonyl (C=O) groups is 1. The van der Waals surface area contributed by atoms with Crippen molar-refractivity contribution in [3.63, 3.8) is 0 Å². The Morgan fingerprint density at radius 1 is 1.47 bits per heavy atom. The van der Waals surface area contributed by atoms with Crippen LogP contribution in [0.4, 0.5) is 0 Å². The molecule has 0 aliphatic rings. The Balaban J connectivity index is 2.97. The number of methoxy groups -OCH3 is 1. The second-order valence-corrected chi connectivity index (χ2v) is 3.64. The third-order valence-electron chi connectivity index (χ3n) is 2.17. The van der Waals surface area contributed by atoms with Crippen molar-refractivity contribution < 1.29 is 14.6 Å². The summed E-state index contributed by atoms with van der Waals surface area (Å²) in [7, 11) is 1.38. The van der Waals surface area contributed by atoms with E-state index in [0.29, 0.717) is 10.6 Å². The van der Waals surface area contributed by atoms with Crippen molar-refractivity contribution in [2.45, 2.75) is 19.1 Å². The molecule has 0 saturated heterocycles. The molecule has 2 atom stereocenters. The summed E-state index contributed by atoms with van der Waals surface area (Å²) in [5.74, 6) is -0.232. The predicted molar refractivity (Wildman–Crippen MR) is 57.9 cm³/mol. The maximum Gasteiger partial charge on any atom is 0.161 e. The molecule has 0 aliphatic carbocycles. The van der Waals surface area contributed by atoms with Crippen LogP contribution in [0.2, 0.25) is 5.02 Å². The average Bonchev–Trinajstić information content (AvgIpc) is 2.18. The van der Waals surface area contributed by atoms with Crippen LogP contribution in [-0.2, 0) is 9.53 Å². The number of rotatable bonds is 4. The monoisotopic (exact) mass is 228 g/mol. The lowest BCUT2D eigenvalue weighted by molar-refractivity contribution is -0.133. The quantitative estimate of drug-likeness (QED) is 0.857. The summed E-state index contributed by atoms with van der Waals surface area (Å²) >= 11 is 5.90. The molecule has 0 bridgehead atoms. The number of Topliss-reactive ketones (excluding diaryl/α,β-unsaturated/α-hetero) is 1. The Hall–Kier alpha value is -0.900. The zero-order chi connectivity index (χ0) is 11.4. The van der Waals surface area contributed by atoms with E-state index in [-0.39, 0.29) is 5.78 Å². The van der Waals surface area contributed by atoms with Gasteiger partial charge in [-0.3, -0.25) is 4.79 Å². The van der Waals surface area contributed by atoms with Crippen molar-refractivity contribution in [3.05, 3.63) is 34.9 Å². The van der Waals surface area contributed by atoms with Crippen LogP contribution in [-0.4, -0.2) is 24.1 Å². The summed E-state index contributed by atoms with van der Waals surface area (Å²) in [5.41, 5.74) is 0.501. The van der Waals surface area contributed by atoms with Crippen LogP contribution in [0.15, 0.2) is 24.3 Å². The van der Waals surface area contributed by atoms with Gasteiger partial charge in [0, 0.05) is 17.7 Å². The molecule has 0 heterocycles. The molecule has 0 spiro atoms. The lowest BCUT2D eigenvalue weighted by atomic mass is 10.0. The average molecular weight is 229 g/mol. The zero-order valence-corrected chi connectivity index (χ0v) is 9.36. The van der Waals surface area contributed by atoms with Crippen molar-refractivity contribution in [1.29, 1.82) is 0 Å². The van der Waals surface area contributed by atoms with Crippen LogP contribution in [0.25, 0.3) is 0 Å². The van der Waals surface area contributed by atoms with E-state index in [9.17, 15) is 9.90 Å². The molecule has 1 aromatic carbocycles. The summed E-state index contributed by atoms with van der Waals surface area (Å²) < 4.78 is 4.92. The number of ketones is 1. The molecule has 0 fully saturated rings. The molecule has 1 aromatic rings. The summed E-state index contributed by atoms with van der Waals surface area (Å²) in [6, 6.07) is 6.83. The zero-order valence-electron chi connectivity index (χ0n) is 8.61. The smallest absolute Gasteiger partial charge is 0.161 e. The van der Waals surface area contributed by atoms with E-state index in [1.807, 2.05) is 0 Å². The van der Waals surface area contributed by atoms with Crippen molar-refractivity contribution >= 4 is 17.4 Å². The van der Waals surface area contributed by atoms with Gasteiger partial charge in [0.25, 0.3) is 0 Å². The van der Waals surface area contributed by atoms with E-state index >= 15 is 0 Å². The first-order valence-corrected chi connectivity index (χ1v) is 4.91. The molecule has 1 N–H and O–H groups in total. The summed E-state index contributed by atoms with van der Waals surface area (Å²) in [5, 5.41) is 10.3. The second-order valence-electron chi connectivity index (χ2n) is 3.23. The first kappa shape index (κ1) is 12.2. The van der Waals surface area contributed by atoms with Gasteiger partial charge >= 0.3 is 0 Å². The molecule has 1 rings (SSSR count). The number of hydrogen-bond donors (Lipinski definition) is 1. The van der Waals surface area contributed by atoms with Gasteiger partial charge < -0.3 is 9.84 Å². The number of aliphatic hydroxyl groups is 1. The van der Waals surface area contributed by atoms with E-state index < -0.39 is 12.2 Å². The molecule has 0 aromatic heterocycles. The fourth-order valence-electron chi connectivity index (χ4n) is 1.40. The fourth-order valence-corrected chi connectivity index (χ4v) is 1.64. The minimum absolute atomic E-state index is 0.232. The second kappa shape index (κ2) is 5.26. The Morgan fingerprint density at radius 2 is 2.07 bits per heavy atom. The van der Waals surface area contributed by atoms with Crippen molar-refractivity contribution in [2.75, 3.05) is 7.11 Å². The molecule has 0 saturated carbocycles. The summed E-state index contributed by atoms with van der Waals surface area (Å²) in [6.45, 7) is 1.37. The van der Waals surface area contributed by atoms with Gasteiger partial charge in [-0.05, 0) is 13.0 Å². The van der Waals surface area contributed by atoms with Crippen LogP contribution in [0.3, 0.4) is 0 Å². The Morgan fingerprint density at radius 3 is 2.53 bits per heavy atom. The Kier molecular flexibility index (Phi) is 4.27.